The molecule has 0 spiro atoms. The predicted octanol–water partition coefficient (Wildman–Crippen LogP) is 3.43. The summed E-state index contributed by atoms with van der Waals surface area (Å²) in [5.74, 6) is 0.279. The third-order valence-corrected chi connectivity index (χ3v) is 3.67. The molecule has 21 heavy (non-hydrogen) atoms. The van der Waals surface area contributed by atoms with Gasteiger partial charge in [-0.05, 0) is 37.6 Å². The number of nitrogens with one attached hydrogen (secondary N) is 2. The molecule has 0 aliphatic rings. The molecule has 4 nitrogen and oxygen atoms in total. The van der Waals surface area contributed by atoms with E-state index in [0.717, 1.165) is 6.42 Å². The van der Waals surface area contributed by atoms with E-state index in [1.165, 1.54) is 12.1 Å². The SMILES string of the molecule is CC[C@H](C)Nc1nc2ccc(F)cc2c2c(=O)[nH]ccc12. The van der Waals surface area contributed by atoms with E-state index in [1.807, 2.05) is 0 Å². The Morgan fingerprint density at radius 1 is 1.33 bits per heavy atom. The first-order chi connectivity index (χ1) is 10.1. The molecule has 0 fully saturated rings. The summed E-state index contributed by atoms with van der Waals surface area (Å²) >= 11 is 0. The van der Waals surface area contributed by atoms with Gasteiger partial charge in [0.2, 0.25) is 0 Å². The van der Waals surface area contributed by atoms with Gasteiger partial charge in [0.05, 0.1) is 10.9 Å². The molecular formula is C16H16FN3O. The standard InChI is InChI=1S/C16H16FN3O/c1-3-9(2)19-15-11-6-7-18-16(21)14(11)12-8-10(17)4-5-13(12)20-15/h4-9H,3H2,1-2H3,(H,18,21)(H,19,20)/t9-/m0/s1. The summed E-state index contributed by atoms with van der Waals surface area (Å²) in [7, 11) is 0. The quantitative estimate of drug-likeness (QED) is 0.725. The molecule has 2 N–H and O–H groups in total. The van der Waals surface area contributed by atoms with Gasteiger partial charge in [-0.1, -0.05) is 6.92 Å². The van der Waals surface area contributed by atoms with Gasteiger partial charge in [0.1, 0.15) is 11.6 Å². The summed E-state index contributed by atoms with van der Waals surface area (Å²) in [6.07, 6.45) is 2.52. The zero-order valence-corrected chi connectivity index (χ0v) is 11.9. The Hall–Kier alpha value is -2.43. The van der Waals surface area contributed by atoms with Crippen molar-refractivity contribution < 1.29 is 4.39 Å². The maximum absolute atomic E-state index is 13.5. The summed E-state index contributed by atoms with van der Waals surface area (Å²) in [4.78, 5) is 19.4. The van der Waals surface area contributed by atoms with E-state index in [9.17, 15) is 9.18 Å². The average Bonchev–Trinajstić information content (AvgIpc) is 2.48. The summed E-state index contributed by atoms with van der Waals surface area (Å²) in [5, 5.41) is 5.01. The maximum atomic E-state index is 13.5. The Morgan fingerprint density at radius 2 is 2.14 bits per heavy atom. The van der Waals surface area contributed by atoms with E-state index in [2.05, 4.69) is 29.1 Å². The van der Waals surface area contributed by atoms with Crippen LogP contribution in [0.2, 0.25) is 0 Å². The number of aromatic nitrogens is 2. The average molecular weight is 285 g/mol. The van der Waals surface area contributed by atoms with E-state index in [-0.39, 0.29) is 17.4 Å². The normalized spacial score (nSPS) is 12.7. The Bertz CT molecular complexity index is 872. The van der Waals surface area contributed by atoms with Crippen LogP contribution in [-0.2, 0) is 0 Å². The highest BCUT2D eigenvalue weighted by Crippen LogP contribution is 2.27. The Balaban J connectivity index is 2.40. The molecule has 2 aromatic heterocycles. The summed E-state index contributed by atoms with van der Waals surface area (Å²) < 4.78 is 13.5. The van der Waals surface area contributed by atoms with Gasteiger partial charge in [-0.15, -0.1) is 0 Å². The van der Waals surface area contributed by atoms with Gasteiger partial charge in [-0.2, -0.15) is 0 Å². The van der Waals surface area contributed by atoms with Gasteiger partial charge in [0, 0.05) is 23.0 Å². The minimum absolute atomic E-state index is 0.234. The first-order valence-electron chi connectivity index (χ1n) is 6.97. The van der Waals surface area contributed by atoms with E-state index < -0.39 is 0 Å². The zero-order valence-electron chi connectivity index (χ0n) is 11.9. The number of nitrogens with zero attached hydrogens (tertiary/aromatic N) is 1. The topological polar surface area (TPSA) is 57.8 Å². The zero-order chi connectivity index (χ0) is 15.0. The lowest BCUT2D eigenvalue weighted by Gasteiger charge is -2.15. The molecule has 0 radical (unpaired) electrons. The van der Waals surface area contributed by atoms with Gasteiger partial charge >= 0.3 is 0 Å². The van der Waals surface area contributed by atoms with Crippen LogP contribution >= 0.6 is 0 Å². The maximum Gasteiger partial charge on any atom is 0.256 e. The molecule has 5 heteroatoms. The van der Waals surface area contributed by atoms with Gasteiger partial charge in [0.25, 0.3) is 5.56 Å². The van der Waals surface area contributed by atoms with E-state index in [4.69, 9.17) is 0 Å². The molecule has 108 valence electrons. The number of benzene rings is 1. The number of rotatable bonds is 3. The van der Waals surface area contributed by atoms with Crippen molar-refractivity contribution in [3.8, 4) is 0 Å². The van der Waals surface area contributed by atoms with Crippen molar-refractivity contribution in [2.75, 3.05) is 5.32 Å². The van der Waals surface area contributed by atoms with Gasteiger partial charge in [0.15, 0.2) is 0 Å². The van der Waals surface area contributed by atoms with Crippen molar-refractivity contribution in [2.24, 2.45) is 0 Å². The molecule has 3 rings (SSSR count). The van der Waals surface area contributed by atoms with E-state index in [0.29, 0.717) is 27.5 Å². The van der Waals surface area contributed by atoms with Crippen molar-refractivity contribution in [2.45, 2.75) is 26.3 Å². The number of pyridine rings is 2. The molecule has 0 amide bonds. The third-order valence-electron chi connectivity index (χ3n) is 3.67. The second-order valence-electron chi connectivity index (χ2n) is 5.17. The molecule has 0 saturated heterocycles. The van der Waals surface area contributed by atoms with Crippen LogP contribution in [0.4, 0.5) is 10.2 Å². The Labute approximate surface area is 121 Å². The van der Waals surface area contributed by atoms with Crippen LogP contribution < -0.4 is 10.9 Å². The van der Waals surface area contributed by atoms with Crippen molar-refractivity contribution >= 4 is 27.5 Å². The highest BCUT2D eigenvalue weighted by atomic mass is 19.1. The number of H-pyrrole nitrogens is 1. The van der Waals surface area contributed by atoms with Crippen LogP contribution in [0.5, 0.6) is 0 Å². The minimum Gasteiger partial charge on any atom is -0.367 e. The van der Waals surface area contributed by atoms with Crippen molar-refractivity contribution in [1.29, 1.82) is 0 Å². The fourth-order valence-electron chi connectivity index (χ4n) is 2.38. The third kappa shape index (κ3) is 2.35. The monoisotopic (exact) mass is 285 g/mol. The smallest absolute Gasteiger partial charge is 0.256 e. The first kappa shape index (κ1) is 13.5. The molecule has 0 saturated carbocycles. The van der Waals surface area contributed by atoms with E-state index in [1.54, 1.807) is 18.3 Å². The number of fused-ring (bicyclic) bond motifs is 3. The predicted molar refractivity (Wildman–Crippen MR) is 83.2 cm³/mol. The highest BCUT2D eigenvalue weighted by Gasteiger charge is 2.13. The number of hydrogen-bond acceptors (Lipinski definition) is 3. The van der Waals surface area contributed by atoms with Gasteiger partial charge in [-0.3, -0.25) is 4.79 Å². The highest BCUT2D eigenvalue weighted by molar-refractivity contribution is 6.09. The molecule has 3 aromatic rings. The van der Waals surface area contributed by atoms with Crippen LogP contribution in [-0.4, -0.2) is 16.0 Å². The van der Waals surface area contributed by atoms with Crippen LogP contribution in [0, 0.1) is 5.82 Å². The second-order valence-corrected chi connectivity index (χ2v) is 5.17. The number of hydrogen-bond donors (Lipinski definition) is 2. The molecule has 1 aromatic carbocycles. The molecular weight excluding hydrogens is 269 g/mol. The largest absolute Gasteiger partial charge is 0.367 e. The fourth-order valence-corrected chi connectivity index (χ4v) is 2.38. The molecule has 0 aliphatic carbocycles. The van der Waals surface area contributed by atoms with Crippen LogP contribution in [0.3, 0.4) is 0 Å². The van der Waals surface area contributed by atoms with Crippen LogP contribution in [0.25, 0.3) is 21.7 Å². The van der Waals surface area contributed by atoms with Crippen molar-refractivity contribution in [1.82, 2.24) is 9.97 Å². The fraction of sp³-hybridized carbons (Fsp3) is 0.250. The number of aromatic amines is 1. The first-order valence-corrected chi connectivity index (χ1v) is 6.97. The lowest BCUT2D eigenvalue weighted by Crippen LogP contribution is -2.16. The minimum atomic E-state index is -0.378. The molecule has 0 unspecified atom stereocenters. The van der Waals surface area contributed by atoms with E-state index >= 15 is 0 Å². The van der Waals surface area contributed by atoms with Crippen LogP contribution in [0.1, 0.15) is 20.3 Å². The summed E-state index contributed by atoms with van der Waals surface area (Å²) in [5.41, 5.74) is 0.365. The van der Waals surface area contributed by atoms with Crippen LogP contribution in [0.15, 0.2) is 35.3 Å². The molecule has 0 aliphatic heterocycles. The summed E-state index contributed by atoms with van der Waals surface area (Å²) in [6.45, 7) is 4.12. The van der Waals surface area contributed by atoms with Gasteiger partial charge in [-0.25, -0.2) is 9.37 Å². The number of halogens is 1. The van der Waals surface area contributed by atoms with Crippen molar-refractivity contribution in [3.63, 3.8) is 0 Å². The second kappa shape index (κ2) is 5.16. The summed E-state index contributed by atoms with van der Waals surface area (Å²) in [6, 6.07) is 6.33. The lowest BCUT2D eigenvalue weighted by molar-refractivity contribution is 0.629. The Kier molecular flexibility index (Phi) is 3.33. The molecule has 2 heterocycles. The molecule has 0 bridgehead atoms. The molecule has 1 atom stereocenters. The number of anilines is 1. The Morgan fingerprint density at radius 3 is 2.90 bits per heavy atom. The van der Waals surface area contributed by atoms with Gasteiger partial charge < -0.3 is 10.3 Å². The van der Waals surface area contributed by atoms with Crippen molar-refractivity contribution in [3.05, 3.63) is 46.6 Å². The lowest BCUT2D eigenvalue weighted by atomic mass is 10.1.